The Bertz CT molecular complexity index is 211. The lowest BCUT2D eigenvalue weighted by atomic mass is 9.92. The van der Waals surface area contributed by atoms with Crippen LogP contribution in [0.3, 0.4) is 0 Å². The molecule has 4 atom stereocenters. The van der Waals surface area contributed by atoms with Gasteiger partial charge >= 0.3 is 0 Å². The van der Waals surface area contributed by atoms with Gasteiger partial charge in [0.15, 0.2) is 0 Å². The highest BCUT2D eigenvalue weighted by Gasteiger charge is 2.25. The fourth-order valence-electron chi connectivity index (χ4n) is 2.34. The van der Waals surface area contributed by atoms with Gasteiger partial charge in [-0.3, -0.25) is 4.21 Å². The maximum absolute atomic E-state index is 11.1. The number of hydrogen-bond acceptors (Lipinski definition) is 3. The van der Waals surface area contributed by atoms with Gasteiger partial charge in [0.2, 0.25) is 0 Å². The van der Waals surface area contributed by atoms with Gasteiger partial charge in [-0.05, 0) is 19.8 Å². The monoisotopic (exact) mass is 233 g/mol. The molecule has 15 heavy (non-hydrogen) atoms. The predicted octanol–water partition coefficient (Wildman–Crippen LogP) is 1.30. The zero-order chi connectivity index (χ0) is 11.3. The van der Waals surface area contributed by atoms with Gasteiger partial charge in [-0.2, -0.15) is 0 Å². The van der Waals surface area contributed by atoms with Crippen molar-refractivity contribution in [3.63, 3.8) is 0 Å². The second kappa shape index (κ2) is 6.61. The van der Waals surface area contributed by atoms with Gasteiger partial charge in [0, 0.05) is 42.0 Å². The highest BCUT2D eigenvalue weighted by molar-refractivity contribution is 7.84. The minimum Gasteiger partial charge on any atom is -0.380 e. The summed E-state index contributed by atoms with van der Waals surface area (Å²) in [6.45, 7) is 2.10. The van der Waals surface area contributed by atoms with Crippen molar-refractivity contribution < 1.29 is 8.95 Å². The van der Waals surface area contributed by atoms with Crippen molar-refractivity contribution in [1.29, 1.82) is 0 Å². The molecule has 1 aliphatic rings. The lowest BCUT2D eigenvalue weighted by molar-refractivity contribution is 0.0393. The van der Waals surface area contributed by atoms with Gasteiger partial charge in [0.05, 0.1) is 6.10 Å². The van der Waals surface area contributed by atoms with Gasteiger partial charge in [-0.1, -0.05) is 12.8 Å². The fraction of sp³-hybridized carbons (Fsp3) is 1.00. The molecule has 4 unspecified atom stereocenters. The first-order valence-corrected chi connectivity index (χ1v) is 7.45. The first kappa shape index (κ1) is 13.1. The van der Waals surface area contributed by atoms with E-state index in [9.17, 15) is 4.21 Å². The molecule has 1 N–H and O–H groups in total. The third kappa shape index (κ3) is 4.62. The highest BCUT2D eigenvalue weighted by Crippen LogP contribution is 2.21. The van der Waals surface area contributed by atoms with Crippen LogP contribution in [-0.2, 0) is 15.5 Å². The van der Waals surface area contributed by atoms with Crippen molar-refractivity contribution in [2.45, 2.75) is 50.8 Å². The first-order valence-electron chi connectivity index (χ1n) is 5.72. The minimum absolute atomic E-state index is 0.316. The molecule has 3 nitrogen and oxygen atoms in total. The SMILES string of the molecule is COC1CCCCC1NC(C)CS(C)=O. The average Bonchev–Trinajstić information content (AvgIpc) is 2.17. The van der Waals surface area contributed by atoms with Gasteiger partial charge in [-0.25, -0.2) is 0 Å². The highest BCUT2D eigenvalue weighted by atomic mass is 32.2. The van der Waals surface area contributed by atoms with E-state index in [2.05, 4.69) is 12.2 Å². The van der Waals surface area contributed by atoms with Crippen molar-refractivity contribution in [1.82, 2.24) is 5.32 Å². The molecule has 1 aliphatic carbocycles. The van der Waals surface area contributed by atoms with Crippen LogP contribution < -0.4 is 5.32 Å². The molecule has 0 bridgehead atoms. The molecular formula is C11H23NO2S. The first-order chi connectivity index (χ1) is 7.13. The van der Waals surface area contributed by atoms with E-state index in [-0.39, 0.29) is 0 Å². The van der Waals surface area contributed by atoms with Crippen LogP contribution in [0.15, 0.2) is 0 Å². The zero-order valence-electron chi connectivity index (χ0n) is 9.99. The van der Waals surface area contributed by atoms with E-state index in [4.69, 9.17) is 4.74 Å². The van der Waals surface area contributed by atoms with Gasteiger partial charge in [0.25, 0.3) is 0 Å². The summed E-state index contributed by atoms with van der Waals surface area (Å²) in [5.74, 6) is 0.729. The van der Waals surface area contributed by atoms with Crippen molar-refractivity contribution in [2.24, 2.45) is 0 Å². The molecule has 1 rings (SSSR count). The van der Waals surface area contributed by atoms with Crippen LogP contribution in [0.2, 0.25) is 0 Å². The summed E-state index contributed by atoms with van der Waals surface area (Å²) >= 11 is 0. The molecule has 1 fully saturated rings. The smallest absolute Gasteiger partial charge is 0.0724 e. The van der Waals surface area contributed by atoms with E-state index in [1.165, 1.54) is 19.3 Å². The molecule has 0 amide bonds. The van der Waals surface area contributed by atoms with Crippen molar-refractivity contribution in [2.75, 3.05) is 19.1 Å². The Labute approximate surface area is 95.4 Å². The maximum atomic E-state index is 11.1. The van der Waals surface area contributed by atoms with Crippen molar-refractivity contribution in [3.05, 3.63) is 0 Å². The number of ether oxygens (including phenoxy) is 1. The Morgan fingerprint density at radius 2 is 2.13 bits per heavy atom. The Morgan fingerprint density at radius 1 is 1.47 bits per heavy atom. The maximum Gasteiger partial charge on any atom is 0.0724 e. The number of methoxy groups -OCH3 is 1. The van der Waals surface area contributed by atoms with E-state index in [1.54, 1.807) is 13.4 Å². The molecule has 0 spiro atoms. The second-order valence-electron chi connectivity index (χ2n) is 4.47. The summed E-state index contributed by atoms with van der Waals surface area (Å²) in [7, 11) is 1.07. The Hall–Kier alpha value is 0.0700. The third-order valence-corrected chi connectivity index (χ3v) is 3.96. The van der Waals surface area contributed by atoms with Crippen LogP contribution in [0.25, 0.3) is 0 Å². The molecule has 0 aliphatic heterocycles. The molecule has 4 heteroatoms. The number of rotatable bonds is 5. The van der Waals surface area contributed by atoms with Crippen LogP contribution in [0.1, 0.15) is 32.6 Å². The summed E-state index contributed by atoms with van der Waals surface area (Å²) in [4.78, 5) is 0. The van der Waals surface area contributed by atoms with Crippen LogP contribution >= 0.6 is 0 Å². The van der Waals surface area contributed by atoms with Gasteiger partial charge < -0.3 is 10.1 Å². The predicted molar refractivity (Wildman–Crippen MR) is 64.6 cm³/mol. The van der Waals surface area contributed by atoms with Crippen LogP contribution in [0.4, 0.5) is 0 Å². The second-order valence-corrected chi connectivity index (χ2v) is 5.95. The van der Waals surface area contributed by atoms with E-state index < -0.39 is 10.8 Å². The normalized spacial score (nSPS) is 31.1. The third-order valence-electron chi connectivity index (χ3n) is 2.99. The van der Waals surface area contributed by atoms with E-state index in [0.29, 0.717) is 18.2 Å². The molecule has 0 heterocycles. The number of hydrogen-bond donors (Lipinski definition) is 1. The molecule has 0 radical (unpaired) electrons. The Kier molecular flexibility index (Phi) is 5.79. The van der Waals surface area contributed by atoms with Gasteiger partial charge in [-0.15, -0.1) is 0 Å². The summed E-state index contributed by atoms with van der Waals surface area (Å²) in [6, 6.07) is 0.763. The summed E-state index contributed by atoms with van der Waals surface area (Å²) in [6.07, 6.45) is 6.97. The van der Waals surface area contributed by atoms with E-state index in [0.717, 1.165) is 12.2 Å². The van der Waals surface area contributed by atoms with Gasteiger partial charge in [0.1, 0.15) is 0 Å². The molecule has 0 saturated heterocycles. The van der Waals surface area contributed by atoms with Crippen LogP contribution in [0, 0.1) is 0 Å². The largest absolute Gasteiger partial charge is 0.380 e. The summed E-state index contributed by atoms with van der Waals surface area (Å²) in [5.41, 5.74) is 0. The van der Waals surface area contributed by atoms with Crippen LogP contribution in [0.5, 0.6) is 0 Å². The van der Waals surface area contributed by atoms with Crippen molar-refractivity contribution >= 4 is 10.8 Å². The molecule has 0 aromatic heterocycles. The summed E-state index contributed by atoms with van der Waals surface area (Å²) < 4.78 is 16.6. The van der Waals surface area contributed by atoms with Crippen LogP contribution in [-0.4, -0.2) is 41.5 Å². The zero-order valence-corrected chi connectivity index (χ0v) is 10.8. The molecule has 90 valence electrons. The van der Waals surface area contributed by atoms with E-state index in [1.807, 2.05) is 0 Å². The molecular weight excluding hydrogens is 210 g/mol. The Morgan fingerprint density at radius 3 is 2.73 bits per heavy atom. The fourth-order valence-corrected chi connectivity index (χ4v) is 3.14. The topological polar surface area (TPSA) is 38.3 Å². The van der Waals surface area contributed by atoms with Crippen molar-refractivity contribution in [3.8, 4) is 0 Å². The quantitative estimate of drug-likeness (QED) is 0.778. The summed E-state index contributed by atoms with van der Waals surface area (Å²) in [5, 5.41) is 3.53. The average molecular weight is 233 g/mol. The molecule has 0 aromatic rings. The molecule has 0 aromatic carbocycles. The van der Waals surface area contributed by atoms with E-state index >= 15 is 0 Å². The Balaban J connectivity index is 2.37. The lowest BCUT2D eigenvalue weighted by Crippen LogP contribution is -2.48. The number of nitrogens with one attached hydrogen (secondary N) is 1. The molecule has 1 saturated carbocycles. The standard InChI is InChI=1S/C11H23NO2S/c1-9(8-15(3)13)12-10-6-4-5-7-11(10)14-2/h9-12H,4-8H2,1-3H3. The minimum atomic E-state index is -0.716. The lowest BCUT2D eigenvalue weighted by Gasteiger charge is -2.33.